The Bertz CT molecular complexity index is 2440. The third-order valence-electron chi connectivity index (χ3n) is 11.4. The highest BCUT2D eigenvalue weighted by Crippen LogP contribution is 2.35. The van der Waals surface area contributed by atoms with Crippen LogP contribution in [-0.4, -0.2) is 76.2 Å². The number of thiophene rings is 1. The fourth-order valence-electron chi connectivity index (χ4n) is 7.52. The first-order chi connectivity index (χ1) is 30.9. The summed E-state index contributed by atoms with van der Waals surface area (Å²) in [5.74, 6) is -4.90. The Hall–Kier alpha value is -7.13. The molecule has 4 aromatic carbocycles. The van der Waals surface area contributed by atoms with Crippen molar-refractivity contribution in [2.75, 3.05) is 5.32 Å². The van der Waals surface area contributed by atoms with Gasteiger partial charge in [0.25, 0.3) is 0 Å². The molecule has 7 N–H and O–H groups in total. The van der Waals surface area contributed by atoms with Crippen LogP contribution in [0.5, 0.6) is 0 Å². The second-order valence-corrected chi connectivity index (χ2v) is 17.2. The molecule has 0 radical (unpaired) electrons. The third kappa shape index (κ3) is 12.3. The van der Waals surface area contributed by atoms with Gasteiger partial charge < -0.3 is 37.0 Å². The van der Waals surface area contributed by atoms with E-state index in [0.717, 1.165) is 21.6 Å². The summed E-state index contributed by atoms with van der Waals surface area (Å²) in [4.78, 5) is 96.6. The van der Waals surface area contributed by atoms with Crippen LogP contribution in [0.3, 0.4) is 0 Å². The number of carboxylic acids is 1. The molecule has 14 nitrogen and oxygen atoms in total. The zero-order valence-electron chi connectivity index (χ0n) is 35.0. The van der Waals surface area contributed by atoms with Crippen LogP contribution >= 0.6 is 11.3 Å². The average molecular weight is 883 g/mol. The molecule has 4 atom stereocenters. The van der Waals surface area contributed by atoms with Gasteiger partial charge in [0, 0.05) is 42.7 Å². The molecule has 1 saturated carbocycles. The summed E-state index contributed by atoms with van der Waals surface area (Å²) in [7, 11) is 0. The standard InChI is InChI=1S/C49H50N6O8S/c56-42-23-24-43(57)51-41(30-37-12-7-27-64-37)46(60)53-39(28-32-13-18-35(19-14-32)34-10-5-2-6-11-34)45(59)52-38(22-17-31-8-3-1-4-9-31)44(58)54-40(29-33-15-20-36(50-42)21-16-33)47(61)55-49(25-26-49)48(62)63/h1-16,18-21,27,38-41H,17,22-26,28-30H2,(H,50,56)(H,51,57)(H,52,59)(H,53,60)(H,54,58)(H,55,61)(H,62,63)/t38-,39+,40+,41-/m1/s1. The Morgan fingerprint density at radius 3 is 1.88 bits per heavy atom. The van der Waals surface area contributed by atoms with Crippen molar-refractivity contribution >= 4 is 58.4 Å². The predicted molar refractivity (Wildman–Crippen MR) is 242 cm³/mol. The van der Waals surface area contributed by atoms with Crippen LogP contribution in [0.15, 0.2) is 127 Å². The maximum absolute atomic E-state index is 14.6. The molecule has 5 aromatic rings. The summed E-state index contributed by atoms with van der Waals surface area (Å²) in [5.41, 5.74) is 3.10. The van der Waals surface area contributed by atoms with Gasteiger partial charge in [0.2, 0.25) is 35.4 Å². The molecule has 330 valence electrons. The molecule has 64 heavy (non-hydrogen) atoms. The van der Waals surface area contributed by atoms with Crippen LogP contribution in [0.25, 0.3) is 11.1 Å². The quantitative estimate of drug-likeness (QED) is 0.0939. The van der Waals surface area contributed by atoms with Gasteiger partial charge in [-0.2, -0.15) is 0 Å². The van der Waals surface area contributed by atoms with E-state index in [9.17, 15) is 38.7 Å². The number of anilines is 1. The highest BCUT2D eigenvalue weighted by Gasteiger charge is 2.52. The fraction of sp³-hybridized carbons (Fsp3) is 0.286. The second kappa shape index (κ2) is 20.8. The molecule has 1 aromatic heterocycles. The SMILES string of the molecule is O=C1CCC(=O)N[C@H](Cc2cccs2)C(=O)N[C@@H](Cc2ccc(-c3ccccc3)cc2)C(=O)N[C@H](CCc2ccccc2)C(=O)N[C@H](C(=O)NC2(C(=O)O)CC2)Cc2ccc(cc2)N1. The van der Waals surface area contributed by atoms with Crippen molar-refractivity contribution < 1.29 is 38.7 Å². The van der Waals surface area contributed by atoms with E-state index in [4.69, 9.17) is 0 Å². The minimum Gasteiger partial charge on any atom is -0.480 e. The lowest BCUT2D eigenvalue weighted by molar-refractivity contribution is -0.143. The van der Waals surface area contributed by atoms with Gasteiger partial charge >= 0.3 is 5.97 Å². The van der Waals surface area contributed by atoms with E-state index in [0.29, 0.717) is 23.2 Å². The van der Waals surface area contributed by atoms with Crippen LogP contribution < -0.4 is 31.9 Å². The van der Waals surface area contributed by atoms with Crippen molar-refractivity contribution in [1.29, 1.82) is 0 Å². The summed E-state index contributed by atoms with van der Waals surface area (Å²) in [6.45, 7) is 0. The van der Waals surface area contributed by atoms with Crippen LogP contribution in [0.1, 0.15) is 53.7 Å². The average Bonchev–Trinajstić information content (AvgIpc) is 3.91. The number of amides is 6. The molecule has 8 rings (SSSR count). The number of carboxylic acid groups (broad SMARTS) is 1. The lowest BCUT2D eigenvalue weighted by Gasteiger charge is -2.27. The van der Waals surface area contributed by atoms with Crippen LogP contribution in [0, 0.1) is 0 Å². The summed E-state index contributed by atoms with van der Waals surface area (Å²) in [6.07, 6.45) is 0.596. The Balaban J connectivity index is 1.22. The van der Waals surface area contributed by atoms with Gasteiger partial charge in [-0.05, 0) is 77.1 Å². The first kappa shape index (κ1) is 44.9. The van der Waals surface area contributed by atoms with E-state index in [2.05, 4.69) is 31.9 Å². The lowest BCUT2D eigenvalue weighted by Crippen LogP contribution is -2.60. The van der Waals surface area contributed by atoms with E-state index in [1.54, 1.807) is 24.3 Å². The van der Waals surface area contributed by atoms with Crippen molar-refractivity contribution in [3.05, 3.63) is 148 Å². The van der Waals surface area contributed by atoms with E-state index >= 15 is 0 Å². The minimum absolute atomic E-state index is 0.0115. The van der Waals surface area contributed by atoms with Gasteiger partial charge in [0.05, 0.1) is 0 Å². The normalized spacial score (nSPS) is 20.6. The monoisotopic (exact) mass is 882 g/mol. The molecule has 0 spiro atoms. The van der Waals surface area contributed by atoms with Crippen molar-refractivity contribution in [3.8, 4) is 11.1 Å². The number of hydrogen-bond donors (Lipinski definition) is 7. The molecular weight excluding hydrogens is 833 g/mol. The van der Waals surface area contributed by atoms with Gasteiger partial charge in [-0.25, -0.2) is 4.79 Å². The topological polar surface area (TPSA) is 212 Å². The van der Waals surface area contributed by atoms with Crippen molar-refractivity contribution in [1.82, 2.24) is 26.6 Å². The number of rotatable bonds is 11. The fourth-order valence-corrected chi connectivity index (χ4v) is 8.27. The molecule has 2 aliphatic heterocycles. The van der Waals surface area contributed by atoms with Gasteiger partial charge in [-0.15, -0.1) is 11.3 Å². The van der Waals surface area contributed by atoms with Crippen LogP contribution in [0.4, 0.5) is 5.69 Å². The summed E-state index contributed by atoms with van der Waals surface area (Å²) < 4.78 is 0. The first-order valence-corrected chi connectivity index (χ1v) is 22.2. The maximum Gasteiger partial charge on any atom is 0.329 e. The number of aliphatic carboxylic acids is 1. The van der Waals surface area contributed by atoms with E-state index < -0.39 is 71.1 Å². The number of nitrogens with one attached hydrogen (secondary N) is 6. The maximum atomic E-state index is 14.6. The van der Waals surface area contributed by atoms with E-state index in [-0.39, 0.29) is 51.4 Å². The zero-order valence-corrected chi connectivity index (χ0v) is 35.8. The number of carbonyl (C=O) groups excluding carboxylic acids is 6. The van der Waals surface area contributed by atoms with Crippen LogP contribution in [-0.2, 0) is 59.2 Å². The molecule has 6 amide bonds. The molecule has 0 unspecified atom stereocenters. The molecule has 3 heterocycles. The Morgan fingerprint density at radius 1 is 0.625 bits per heavy atom. The number of carbonyl (C=O) groups is 7. The second-order valence-electron chi connectivity index (χ2n) is 16.2. The van der Waals surface area contributed by atoms with Gasteiger partial charge in [-0.3, -0.25) is 28.8 Å². The third-order valence-corrected chi connectivity index (χ3v) is 12.3. The van der Waals surface area contributed by atoms with E-state index in [1.807, 2.05) is 102 Å². The molecule has 1 aliphatic carbocycles. The van der Waals surface area contributed by atoms with Gasteiger partial charge in [0.1, 0.15) is 29.7 Å². The Kier molecular flexibility index (Phi) is 14.6. The smallest absolute Gasteiger partial charge is 0.329 e. The molecule has 15 heteroatoms. The molecule has 3 aliphatic rings. The van der Waals surface area contributed by atoms with Gasteiger partial charge in [0.15, 0.2) is 0 Å². The Morgan fingerprint density at radius 2 is 1.23 bits per heavy atom. The lowest BCUT2D eigenvalue weighted by atomic mass is 9.99. The summed E-state index contributed by atoms with van der Waals surface area (Å²) in [6, 6.07) is 32.0. The van der Waals surface area contributed by atoms with Crippen LogP contribution in [0.2, 0.25) is 0 Å². The van der Waals surface area contributed by atoms with Crippen molar-refractivity contribution in [2.45, 2.75) is 87.5 Å². The highest BCUT2D eigenvalue weighted by atomic mass is 32.1. The molecule has 2 bridgehead atoms. The first-order valence-electron chi connectivity index (χ1n) is 21.3. The molecule has 0 saturated heterocycles. The number of hydrogen-bond acceptors (Lipinski definition) is 8. The van der Waals surface area contributed by atoms with Crippen molar-refractivity contribution in [2.24, 2.45) is 0 Å². The van der Waals surface area contributed by atoms with Crippen molar-refractivity contribution in [3.63, 3.8) is 0 Å². The summed E-state index contributed by atoms with van der Waals surface area (Å²) >= 11 is 1.40. The number of fused-ring (bicyclic) bond motifs is 18. The summed E-state index contributed by atoms with van der Waals surface area (Å²) in [5, 5.41) is 28.4. The minimum atomic E-state index is -1.44. The number of aryl methyl sites for hydroxylation is 1. The highest BCUT2D eigenvalue weighted by molar-refractivity contribution is 7.09. The molecular formula is C49H50N6O8S. The largest absolute Gasteiger partial charge is 0.480 e. The number of benzene rings is 4. The van der Waals surface area contributed by atoms with Gasteiger partial charge in [-0.1, -0.05) is 103 Å². The van der Waals surface area contributed by atoms with E-state index in [1.165, 1.54) is 11.3 Å². The molecule has 1 fully saturated rings. The zero-order chi connectivity index (χ0) is 45.1. The Labute approximate surface area is 374 Å². The predicted octanol–water partition coefficient (Wildman–Crippen LogP) is 4.48.